The second kappa shape index (κ2) is 3.77. The number of amides is 1. The van der Waals surface area contributed by atoms with E-state index in [0.29, 0.717) is 18.9 Å². The van der Waals surface area contributed by atoms with E-state index in [-0.39, 0.29) is 17.9 Å². The van der Waals surface area contributed by atoms with Crippen molar-refractivity contribution in [3.63, 3.8) is 0 Å². The molecule has 1 saturated heterocycles. The van der Waals surface area contributed by atoms with E-state index < -0.39 is 0 Å². The highest BCUT2D eigenvalue weighted by Crippen LogP contribution is 2.14. The standard InChI is InChI=1S/C8H11N3O3/c9-7-4-13-3-6(7)8(12)11-5-1-10-14-2-5/h1-2,6-7H,3-4,9H2,(H,11,12). The number of anilines is 1. The topological polar surface area (TPSA) is 90.4 Å². The number of carbonyl (C=O) groups is 1. The van der Waals surface area contributed by atoms with Gasteiger partial charge in [0.1, 0.15) is 12.0 Å². The predicted octanol–water partition coefficient (Wildman–Crippen LogP) is -0.413. The lowest BCUT2D eigenvalue weighted by molar-refractivity contribution is -0.120. The van der Waals surface area contributed by atoms with E-state index in [9.17, 15) is 4.79 Å². The minimum absolute atomic E-state index is 0.154. The van der Waals surface area contributed by atoms with Gasteiger partial charge in [-0.15, -0.1) is 0 Å². The van der Waals surface area contributed by atoms with Crippen molar-refractivity contribution in [1.82, 2.24) is 5.16 Å². The molecule has 0 saturated carbocycles. The van der Waals surface area contributed by atoms with E-state index in [2.05, 4.69) is 15.0 Å². The van der Waals surface area contributed by atoms with Crippen LogP contribution in [0.1, 0.15) is 0 Å². The van der Waals surface area contributed by atoms with Gasteiger partial charge in [-0.25, -0.2) is 0 Å². The zero-order chi connectivity index (χ0) is 9.97. The van der Waals surface area contributed by atoms with Gasteiger partial charge in [-0.1, -0.05) is 5.16 Å². The smallest absolute Gasteiger partial charge is 0.231 e. The molecule has 2 unspecified atom stereocenters. The summed E-state index contributed by atoms with van der Waals surface area (Å²) in [6, 6.07) is -0.227. The number of nitrogens with two attached hydrogens (primary N) is 1. The summed E-state index contributed by atoms with van der Waals surface area (Å²) in [4.78, 5) is 11.6. The van der Waals surface area contributed by atoms with Crippen LogP contribution in [0.15, 0.2) is 17.0 Å². The van der Waals surface area contributed by atoms with Gasteiger partial charge in [-0.2, -0.15) is 0 Å². The van der Waals surface area contributed by atoms with Crippen molar-refractivity contribution in [3.8, 4) is 0 Å². The molecule has 6 heteroatoms. The molecule has 1 fully saturated rings. The van der Waals surface area contributed by atoms with Crippen molar-refractivity contribution < 1.29 is 14.1 Å². The molecule has 76 valence electrons. The fourth-order valence-corrected chi connectivity index (χ4v) is 1.34. The molecule has 1 aliphatic heterocycles. The molecule has 14 heavy (non-hydrogen) atoms. The number of hydrogen-bond acceptors (Lipinski definition) is 5. The first kappa shape index (κ1) is 9.17. The third kappa shape index (κ3) is 1.75. The summed E-state index contributed by atoms with van der Waals surface area (Å²) in [6.45, 7) is 0.806. The number of carbonyl (C=O) groups excluding carboxylic acids is 1. The highest BCUT2D eigenvalue weighted by molar-refractivity contribution is 5.92. The SMILES string of the molecule is NC1COCC1C(=O)Nc1cnoc1. The lowest BCUT2D eigenvalue weighted by Gasteiger charge is -2.11. The second-order valence-electron chi connectivity index (χ2n) is 3.21. The average molecular weight is 197 g/mol. The number of ether oxygens (including phenoxy) is 1. The first-order valence-electron chi connectivity index (χ1n) is 4.31. The van der Waals surface area contributed by atoms with Crippen molar-refractivity contribution in [2.24, 2.45) is 11.7 Å². The zero-order valence-corrected chi connectivity index (χ0v) is 7.47. The van der Waals surface area contributed by atoms with E-state index in [1.807, 2.05) is 0 Å². The molecular weight excluding hydrogens is 186 g/mol. The zero-order valence-electron chi connectivity index (χ0n) is 7.47. The van der Waals surface area contributed by atoms with E-state index in [0.717, 1.165) is 0 Å². The minimum Gasteiger partial charge on any atom is -0.379 e. The Morgan fingerprint density at radius 2 is 2.50 bits per heavy atom. The van der Waals surface area contributed by atoms with Gasteiger partial charge in [-0.3, -0.25) is 4.79 Å². The van der Waals surface area contributed by atoms with Gasteiger partial charge in [0.25, 0.3) is 0 Å². The van der Waals surface area contributed by atoms with Crippen LogP contribution in [0.2, 0.25) is 0 Å². The van der Waals surface area contributed by atoms with Gasteiger partial charge < -0.3 is 20.3 Å². The van der Waals surface area contributed by atoms with Crippen LogP contribution >= 0.6 is 0 Å². The van der Waals surface area contributed by atoms with Crippen molar-refractivity contribution in [2.75, 3.05) is 18.5 Å². The Hall–Kier alpha value is -1.40. The summed E-state index contributed by atoms with van der Waals surface area (Å²) in [5, 5.41) is 6.11. The largest absolute Gasteiger partial charge is 0.379 e. The lowest BCUT2D eigenvalue weighted by atomic mass is 10.0. The van der Waals surface area contributed by atoms with Crippen molar-refractivity contribution in [3.05, 3.63) is 12.5 Å². The molecule has 0 bridgehead atoms. The van der Waals surface area contributed by atoms with Gasteiger partial charge in [0.15, 0.2) is 0 Å². The van der Waals surface area contributed by atoms with Gasteiger partial charge >= 0.3 is 0 Å². The molecular formula is C8H11N3O3. The van der Waals surface area contributed by atoms with Gasteiger partial charge in [-0.05, 0) is 0 Å². The molecule has 2 rings (SSSR count). The normalized spacial score (nSPS) is 26.4. The number of hydrogen-bond donors (Lipinski definition) is 2. The van der Waals surface area contributed by atoms with Crippen LogP contribution in [-0.4, -0.2) is 30.3 Å². The molecule has 0 spiro atoms. The number of rotatable bonds is 2. The summed E-state index contributed by atoms with van der Waals surface area (Å²) in [7, 11) is 0. The Bertz CT molecular complexity index is 312. The summed E-state index contributed by atoms with van der Waals surface area (Å²) in [5.74, 6) is -0.442. The van der Waals surface area contributed by atoms with Crippen LogP contribution < -0.4 is 11.1 Å². The average Bonchev–Trinajstić information content (AvgIpc) is 2.75. The Balaban J connectivity index is 1.95. The summed E-state index contributed by atoms with van der Waals surface area (Å²) < 4.78 is 9.66. The van der Waals surface area contributed by atoms with Gasteiger partial charge in [0.2, 0.25) is 5.91 Å². The second-order valence-corrected chi connectivity index (χ2v) is 3.21. The van der Waals surface area contributed by atoms with Crippen LogP contribution in [0.4, 0.5) is 5.69 Å². The first-order valence-corrected chi connectivity index (χ1v) is 4.31. The molecule has 6 nitrogen and oxygen atoms in total. The molecule has 0 aliphatic carbocycles. The highest BCUT2D eigenvalue weighted by Gasteiger charge is 2.31. The van der Waals surface area contributed by atoms with Gasteiger partial charge in [0.05, 0.1) is 25.3 Å². The molecule has 1 aromatic rings. The summed E-state index contributed by atoms with van der Waals surface area (Å²) in [5.41, 5.74) is 6.22. The third-order valence-electron chi connectivity index (χ3n) is 2.16. The highest BCUT2D eigenvalue weighted by atomic mass is 16.5. The summed E-state index contributed by atoms with van der Waals surface area (Å²) >= 11 is 0. The van der Waals surface area contributed by atoms with Crippen molar-refractivity contribution >= 4 is 11.6 Å². The quantitative estimate of drug-likeness (QED) is 0.672. The number of nitrogens with zero attached hydrogens (tertiary/aromatic N) is 1. The maximum atomic E-state index is 11.6. The van der Waals surface area contributed by atoms with E-state index in [1.165, 1.54) is 12.5 Å². The molecule has 0 aromatic carbocycles. The summed E-state index contributed by atoms with van der Waals surface area (Å²) in [6.07, 6.45) is 2.79. The molecule has 1 aliphatic rings. The van der Waals surface area contributed by atoms with Crippen LogP contribution in [0, 0.1) is 5.92 Å². The molecule has 3 N–H and O–H groups in total. The van der Waals surface area contributed by atoms with Crippen LogP contribution in [0.3, 0.4) is 0 Å². The Morgan fingerprint density at radius 1 is 1.64 bits per heavy atom. The van der Waals surface area contributed by atoms with E-state index in [1.54, 1.807) is 0 Å². The van der Waals surface area contributed by atoms with Crippen LogP contribution in [0.5, 0.6) is 0 Å². The fourth-order valence-electron chi connectivity index (χ4n) is 1.34. The van der Waals surface area contributed by atoms with Crippen LogP contribution in [0.25, 0.3) is 0 Å². The van der Waals surface area contributed by atoms with E-state index >= 15 is 0 Å². The molecule has 1 amide bonds. The monoisotopic (exact) mass is 197 g/mol. The molecule has 2 atom stereocenters. The lowest BCUT2D eigenvalue weighted by Crippen LogP contribution is -2.37. The van der Waals surface area contributed by atoms with Gasteiger partial charge in [0, 0.05) is 6.04 Å². The molecule has 2 heterocycles. The van der Waals surface area contributed by atoms with Crippen molar-refractivity contribution in [2.45, 2.75) is 6.04 Å². The first-order chi connectivity index (χ1) is 6.77. The number of aromatic nitrogens is 1. The van der Waals surface area contributed by atoms with E-state index in [4.69, 9.17) is 10.5 Å². The maximum Gasteiger partial charge on any atom is 0.231 e. The molecule has 1 aromatic heterocycles. The Labute approximate surface area is 80.4 Å². The van der Waals surface area contributed by atoms with Crippen LogP contribution in [-0.2, 0) is 9.53 Å². The number of nitrogens with one attached hydrogen (secondary N) is 1. The third-order valence-corrected chi connectivity index (χ3v) is 2.16. The Morgan fingerprint density at radius 3 is 3.07 bits per heavy atom. The molecule has 0 radical (unpaired) electrons. The minimum atomic E-state index is -0.287. The maximum absolute atomic E-state index is 11.6. The fraction of sp³-hybridized carbons (Fsp3) is 0.500. The Kier molecular flexibility index (Phi) is 2.47. The van der Waals surface area contributed by atoms with Crippen molar-refractivity contribution in [1.29, 1.82) is 0 Å². The predicted molar refractivity (Wildman–Crippen MR) is 47.4 cm³/mol.